The molecule has 0 spiro atoms. The van der Waals surface area contributed by atoms with Gasteiger partial charge in [0.1, 0.15) is 4.88 Å². The highest BCUT2D eigenvalue weighted by Gasteiger charge is 2.22. The van der Waals surface area contributed by atoms with Crippen LogP contribution in [0.4, 0.5) is 0 Å². The molecule has 7 heteroatoms. The molecule has 0 aliphatic heterocycles. The van der Waals surface area contributed by atoms with Crippen LogP contribution in [0.1, 0.15) is 20.0 Å². The minimum Gasteiger partial charge on any atom is -0.366 e. The van der Waals surface area contributed by atoms with Gasteiger partial charge >= 0.3 is 0 Å². The summed E-state index contributed by atoms with van der Waals surface area (Å²) in [5, 5.41) is 1.16. The molecular weight excluding hydrogens is 322 g/mol. The summed E-state index contributed by atoms with van der Waals surface area (Å²) >= 11 is 7.09. The van der Waals surface area contributed by atoms with Gasteiger partial charge in [-0.2, -0.15) is 0 Å². The fourth-order valence-corrected chi connectivity index (χ4v) is 3.50. The Hall–Kier alpha value is -2.44. The fraction of sp³-hybridized carbons (Fsp3) is 0. The number of halogens is 1. The maximum atomic E-state index is 11.8. The summed E-state index contributed by atoms with van der Waals surface area (Å²) in [6.07, 6.45) is 2.97. The molecule has 4 N–H and O–H groups in total. The Bertz CT molecular complexity index is 903. The summed E-state index contributed by atoms with van der Waals surface area (Å²) in [6, 6.07) is 6.94. The number of pyridine rings is 1. The Morgan fingerprint density at radius 2 is 1.73 bits per heavy atom. The van der Waals surface area contributed by atoms with Crippen molar-refractivity contribution < 1.29 is 9.59 Å². The van der Waals surface area contributed by atoms with Crippen molar-refractivity contribution in [2.45, 2.75) is 0 Å². The molecule has 2 aromatic heterocycles. The van der Waals surface area contributed by atoms with Crippen molar-refractivity contribution in [3.8, 4) is 11.1 Å². The summed E-state index contributed by atoms with van der Waals surface area (Å²) in [4.78, 5) is 27.8. The summed E-state index contributed by atoms with van der Waals surface area (Å²) < 4.78 is 0.676. The van der Waals surface area contributed by atoms with Crippen molar-refractivity contribution in [3.63, 3.8) is 0 Å². The van der Waals surface area contributed by atoms with Gasteiger partial charge in [0, 0.05) is 28.4 Å². The van der Waals surface area contributed by atoms with E-state index in [9.17, 15) is 9.59 Å². The number of aromatic nitrogens is 1. The number of benzene rings is 1. The van der Waals surface area contributed by atoms with E-state index in [2.05, 4.69) is 4.98 Å². The molecule has 0 saturated carbocycles. The molecule has 0 saturated heterocycles. The van der Waals surface area contributed by atoms with E-state index in [1.54, 1.807) is 30.5 Å². The van der Waals surface area contributed by atoms with Gasteiger partial charge in [0.05, 0.1) is 10.3 Å². The SMILES string of the molecule is NC(=O)c1sc2cncc(C(N)=O)c2c1-c1ccc(Cl)cc1. The van der Waals surface area contributed by atoms with Crippen LogP contribution in [0, 0.1) is 0 Å². The maximum Gasteiger partial charge on any atom is 0.259 e. The third-order valence-corrected chi connectivity index (χ3v) is 4.61. The van der Waals surface area contributed by atoms with E-state index in [-0.39, 0.29) is 5.56 Å². The lowest BCUT2D eigenvalue weighted by Crippen LogP contribution is -2.12. The van der Waals surface area contributed by atoms with Crippen molar-refractivity contribution in [3.05, 3.63) is 52.1 Å². The zero-order valence-electron chi connectivity index (χ0n) is 11.2. The number of rotatable bonds is 3. The van der Waals surface area contributed by atoms with Gasteiger partial charge in [-0.25, -0.2) is 0 Å². The van der Waals surface area contributed by atoms with Gasteiger partial charge in [-0.15, -0.1) is 11.3 Å². The zero-order valence-corrected chi connectivity index (χ0v) is 12.7. The summed E-state index contributed by atoms with van der Waals surface area (Å²) in [5.41, 5.74) is 12.5. The molecule has 0 radical (unpaired) electrons. The fourth-order valence-electron chi connectivity index (χ4n) is 2.30. The second-order valence-corrected chi connectivity index (χ2v) is 6.09. The smallest absolute Gasteiger partial charge is 0.259 e. The Morgan fingerprint density at radius 3 is 2.32 bits per heavy atom. The van der Waals surface area contributed by atoms with Crippen LogP contribution in [0.25, 0.3) is 21.2 Å². The Morgan fingerprint density at radius 1 is 1.05 bits per heavy atom. The van der Waals surface area contributed by atoms with E-state index >= 15 is 0 Å². The number of carbonyl (C=O) groups excluding carboxylic acids is 2. The first-order valence-electron chi connectivity index (χ1n) is 6.25. The van der Waals surface area contributed by atoms with Gasteiger partial charge in [-0.05, 0) is 17.7 Å². The van der Waals surface area contributed by atoms with Gasteiger partial charge in [0.25, 0.3) is 11.8 Å². The summed E-state index contributed by atoms with van der Waals surface area (Å²) in [7, 11) is 0. The van der Waals surface area contributed by atoms with Crippen LogP contribution in [0.3, 0.4) is 0 Å². The molecule has 5 nitrogen and oxygen atoms in total. The standard InChI is InChI=1S/C15H10ClN3O2S/c16-8-3-1-7(2-4-8)11-12-9(14(17)20)5-19-6-10(12)22-13(11)15(18)21/h1-6H,(H2,17,20)(H2,18,21). The molecule has 0 fully saturated rings. The molecule has 0 atom stereocenters. The van der Waals surface area contributed by atoms with E-state index < -0.39 is 11.8 Å². The second kappa shape index (κ2) is 5.40. The quantitative estimate of drug-likeness (QED) is 0.771. The van der Waals surface area contributed by atoms with Crippen LogP contribution in [-0.4, -0.2) is 16.8 Å². The van der Waals surface area contributed by atoms with Crippen LogP contribution < -0.4 is 11.5 Å². The molecule has 0 aliphatic rings. The predicted molar refractivity (Wildman–Crippen MR) is 87.1 cm³/mol. The summed E-state index contributed by atoms with van der Waals surface area (Å²) in [6.45, 7) is 0. The molecule has 1 aromatic carbocycles. The number of fused-ring (bicyclic) bond motifs is 1. The van der Waals surface area contributed by atoms with Crippen LogP contribution in [0.2, 0.25) is 5.02 Å². The molecule has 0 unspecified atom stereocenters. The number of nitrogens with two attached hydrogens (primary N) is 2. The average Bonchev–Trinajstić information content (AvgIpc) is 2.87. The number of hydrogen-bond acceptors (Lipinski definition) is 4. The molecule has 2 amide bonds. The van der Waals surface area contributed by atoms with E-state index in [1.807, 2.05) is 0 Å². The van der Waals surface area contributed by atoms with Gasteiger partial charge in [0.2, 0.25) is 0 Å². The number of amides is 2. The minimum atomic E-state index is -0.609. The number of thiophene rings is 1. The third-order valence-electron chi connectivity index (χ3n) is 3.22. The van der Waals surface area contributed by atoms with Crippen LogP contribution in [0.5, 0.6) is 0 Å². The molecular formula is C15H10ClN3O2S. The van der Waals surface area contributed by atoms with Crippen LogP contribution >= 0.6 is 22.9 Å². The molecule has 3 aromatic rings. The van der Waals surface area contributed by atoms with E-state index in [1.165, 1.54) is 17.5 Å². The molecule has 0 aliphatic carbocycles. The van der Waals surface area contributed by atoms with Crippen molar-refractivity contribution in [2.75, 3.05) is 0 Å². The van der Waals surface area contributed by atoms with Gasteiger partial charge in [0.15, 0.2) is 0 Å². The lowest BCUT2D eigenvalue weighted by atomic mass is 9.99. The highest BCUT2D eigenvalue weighted by atomic mass is 35.5. The van der Waals surface area contributed by atoms with Gasteiger partial charge < -0.3 is 11.5 Å². The lowest BCUT2D eigenvalue weighted by molar-refractivity contribution is 0.0993. The van der Waals surface area contributed by atoms with Gasteiger partial charge in [-0.3, -0.25) is 14.6 Å². The van der Waals surface area contributed by atoms with E-state index in [0.717, 1.165) is 5.56 Å². The normalized spacial score (nSPS) is 10.8. The highest BCUT2D eigenvalue weighted by molar-refractivity contribution is 7.21. The first kappa shape index (κ1) is 14.5. The van der Waals surface area contributed by atoms with Crippen molar-refractivity contribution >= 4 is 44.8 Å². The van der Waals surface area contributed by atoms with E-state index in [4.69, 9.17) is 23.1 Å². The molecule has 22 heavy (non-hydrogen) atoms. The maximum absolute atomic E-state index is 11.8. The predicted octanol–water partition coefficient (Wildman–Crippen LogP) is 2.81. The molecule has 2 heterocycles. The van der Waals surface area contributed by atoms with Crippen molar-refractivity contribution in [1.29, 1.82) is 0 Å². The first-order valence-corrected chi connectivity index (χ1v) is 7.44. The van der Waals surface area contributed by atoms with Crippen LogP contribution in [0.15, 0.2) is 36.7 Å². The minimum absolute atomic E-state index is 0.256. The van der Waals surface area contributed by atoms with Crippen LogP contribution in [-0.2, 0) is 0 Å². The largest absolute Gasteiger partial charge is 0.366 e. The highest BCUT2D eigenvalue weighted by Crippen LogP contribution is 2.40. The molecule has 0 bridgehead atoms. The Kier molecular flexibility index (Phi) is 3.56. The van der Waals surface area contributed by atoms with E-state index in [0.29, 0.717) is 25.5 Å². The zero-order chi connectivity index (χ0) is 15.9. The molecule has 110 valence electrons. The lowest BCUT2D eigenvalue weighted by Gasteiger charge is -2.05. The average molecular weight is 332 g/mol. The van der Waals surface area contributed by atoms with Crippen molar-refractivity contribution in [2.24, 2.45) is 11.5 Å². The van der Waals surface area contributed by atoms with Gasteiger partial charge in [-0.1, -0.05) is 23.7 Å². The monoisotopic (exact) mass is 331 g/mol. The number of primary amides is 2. The van der Waals surface area contributed by atoms with Crippen molar-refractivity contribution in [1.82, 2.24) is 4.98 Å². The topological polar surface area (TPSA) is 99.1 Å². The first-order chi connectivity index (χ1) is 10.5. The molecule has 3 rings (SSSR count). The Labute approximate surface area is 134 Å². The Balaban J connectivity index is 2.43. The third kappa shape index (κ3) is 2.32. The number of carbonyl (C=O) groups is 2. The second-order valence-electron chi connectivity index (χ2n) is 4.60. The number of hydrogen-bond donors (Lipinski definition) is 2. The summed E-state index contributed by atoms with van der Waals surface area (Å²) in [5.74, 6) is -1.18. The number of nitrogens with zero attached hydrogens (tertiary/aromatic N) is 1.